The molecule has 1 aliphatic rings. The quantitative estimate of drug-likeness (QED) is 0.191. The molecule has 2 aromatic rings. The first-order valence-corrected chi connectivity index (χ1v) is 11.9. The summed E-state index contributed by atoms with van der Waals surface area (Å²) in [4.78, 5) is 13.4. The summed E-state index contributed by atoms with van der Waals surface area (Å²) < 4.78 is 2.10. The molecule has 1 aliphatic carbocycles. The standard InChI is InChI=1S/C23H36ClN5/c1-3-5-6-7-8-9-10-11-12-13-14-19(4-2)29-17-25-20-21(26-18-15-16-18)27-23(24)28-22(20)29/h4,17-19H,2-3,5-16H2,1H3,(H,26,27,28)/t19-/m1/s1. The third-order valence-electron chi connectivity index (χ3n) is 5.80. The Morgan fingerprint density at radius 3 is 2.38 bits per heavy atom. The zero-order valence-electron chi connectivity index (χ0n) is 17.9. The van der Waals surface area contributed by atoms with Gasteiger partial charge in [-0.15, -0.1) is 6.58 Å². The fourth-order valence-corrected chi connectivity index (χ4v) is 4.03. The van der Waals surface area contributed by atoms with Crippen molar-refractivity contribution in [3.8, 4) is 0 Å². The second kappa shape index (κ2) is 11.5. The molecule has 0 saturated heterocycles. The fourth-order valence-electron chi connectivity index (χ4n) is 3.87. The maximum Gasteiger partial charge on any atom is 0.226 e. The molecule has 0 radical (unpaired) electrons. The van der Waals surface area contributed by atoms with Crippen LogP contribution in [0.15, 0.2) is 19.0 Å². The van der Waals surface area contributed by atoms with Crippen LogP contribution in [0, 0.1) is 0 Å². The Morgan fingerprint density at radius 2 is 1.76 bits per heavy atom. The van der Waals surface area contributed by atoms with E-state index in [2.05, 4.69) is 38.3 Å². The van der Waals surface area contributed by atoms with Gasteiger partial charge in [0.25, 0.3) is 0 Å². The summed E-state index contributed by atoms with van der Waals surface area (Å²) in [5, 5.41) is 3.69. The van der Waals surface area contributed by atoms with Gasteiger partial charge in [0.05, 0.1) is 12.4 Å². The molecule has 0 aliphatic heterocycles. The van der Waals surface area contributed by atoms with Crippen molar-refractivity contribution in [2.75, 3.05) is 5.32 Å². The third kappa shape index (κ3) is 6.70. The predicted octanol–water partition coefficient (Wildman–Crippen LogP) is 7.09. The molecular weight excluding hydrogens is 382 g/mol. The Labute approximate surface area is 180 Å². The van der Waals surface area contributed by atoms with Gasteiger partial charge >= 0.3 is 0 Å². The highest BCUT2D eigenvalue weighted by atomic mass is 35.5. The number of anilines is 1. The van der Waals surface area contributed by atoms with Gasteiger partial charge in [0, 0.05) is 6.04 Å². The number of unbranched alkanes of at least 4 members (excludes halogenated alkanes) is 9. The lowest BCUT2D eigenvalue weighted by Gasteiger charge is -2.15. The van der Waals surface area contributed by atoms with Crippen molar-refractivity contribution < 1.29 is 0 Å². The SMILES string of the molecule is C=C[C@H](CCCCCCCCCCCC)n1cnc2c(NC3CC3)nc(Cl)nc21. The summed E-state index contributed by atoms with van der Waals surface area (Å²) in [6.07, 6.45) is 20.7. The molecule has 1 saturated carbocycles. The summed E-state index contributed by atoms with van der Waals surface area (Å²) in [6.45, 7) is 6.32. The lowest BCUT2D eigenvalue weighted by molar-refractivity contribution is 0.502. The van der Waals surface area contributed by atoms with Gasteiger partial charge in [-0.1, -0.05) is 77.2 Å². The van der Waals surface area contributed by atoms with Crippen LogP contribution in [0.4, 0.5) is 5.82 Å². The van der Waals surface area contributed by atoms with E-state index in [4.69, 9.17) is 11.6 Å². The molecule has 3 rings (SSSR count). The molecule has 6 heteroatoms. The molecular formula is C23H36ClN5. The Morgan fingerprint density at radius 1 is 1.10 bits per heavy atom. The Bertz CT molecular complexity index is 768. The van der Waals surface area contributed by atoms with Crippen LogP contribution in [-0.2, 0) is 0 Å². The number of hydrogen-bond acceptors (Lipinski definition) is 4. The molecule has 5 nitrogen and oxygen atoms in total. The van der Waals surface area contributed by atoms with E-state index in [1.807, 2.05) is 12.4 Å². The first-order valence-electron chi connectivity index (χ1n) is 11.5. The van der Waals surface area contributed by atoms with Crippen molar-refractivity contribution in [3.63, 3.8) is 0 Å². The van der Waals surface area contributed by atoms with E-state index in [1.54, 1.807) is 0 Å². The Hall–Kier alpha value is -1.62. The van der Waals surface area contributed by atoms with Gasteiger partial charge in [0.15, 0.2) is 17.0 Å². The van der Waals surface area contributed by atoms with E-state index in [1.165, 1.54) is 77.0 Å². The van der Waals surface area contributed by atoms with Crippen LogP contribution in [-0.4, -0.2) is 25.6 Å². The first kappa shape index (κ1) is 22.1. The smallest absolute Gasteiger partial charge is 0.226 e. The minimum Gasteiger partial charge on any atom is -0.365 e. The van der Waals surface area contributed by atoms with Crippen molar-refractivity contribution in [3.05, 3.63) is 24.3 Å². The highest BCUT2D eigenvalue weighted by Crippen LogP contribution is 2.30. The van der Waals surface area contributed by atoms with Crippen LogP contribution < -0.4 is 5.32 Å². The zero-order valence-corrected chi connectivity index (χ0v) is 18.6. The van der Waals surface area contributed by atoms with Crippen LogP contribution in [0.25, 0.3) is 11.2 Å². The molecule has 2 aromatic heterocycles. The van der Waals surface area contributed by atoms with Crippen LogP contribution in [0.5, 0.6) is 0 Å². The van der Waals surface area contributed by atoms with E-state index in [-0.39, 0.29) is 11.3 Å². The van der Waals surface area contributed by atoms with Crippen LogP contribution in [0.2, 0.25) is 5.28 Å². The van der Waals surface area contributed by atoms with E-state index in [9.17, 15) is 0 Å². The predicted molar refractivity (Wildman–Crippen MR) is 123 cm³/mol. The number of hydrogen-bond donors (Lipinski definition) is 1. The molecule has 1 N–H and O–H groups in total. The lowest BCUT2D eigenvalue weighted by atomic mass is 10.0. The van der Waals surface area contributed by atoms with Crippen LogP contribution in [0.1, 0.15) is 96.4 Å². The van der Waals surface area contributed by atoms with Gasteiger partial charge in [-0.25, -0.2) is 4.98 Å². The first-order chi connectivity index (χ1) is 14.2. The van der Waals surface area contributed by atoms with Gasteiger partial charge in [-0.2, -0.15) is 9.97 Å². The summed E-state index contributed by atoms with van der Waals surface area (Å²) in [7, 11) is 0. The van der Waals surface area contributed by atoms with Crippen molar-refractivity contribution in [1.82, 2.24) is 19.5 Å². The van der Waals surface area contributed by atoms with Crippen molar-refractivity contribution in [1.29, 1.82) is 0 Å². The van der Waals surface area contributed by atoms with E-state index in [0.717, 1.165) is 23.4 Å². The average molecular weight is 418 g/mol. The highest BCUT2D eigenvalue weighted by Gasteiger charge is 2.24. The van der Waals surface area contributed by atoms with E-state index < -0.39 is 0 Å². The fraction of sp³-hybridized carbons (Fsp3) is 0.696. The lowest BCUT2D eigenvalue weighted by Crippen LogP contribution is -2.08. The molecule has 0 bridgehead atoms. The van der Waals surface area contributed by atoms with Gasteiger partial charge in [0.1, 0.15) is 0 Å². The number of aromatic nitrogens is 4. The number of imidazole rings is 1. The van der Waals surface area contributed by atoms with Gasteiger partial charge in [-0.3, -0.25) is 0 Å². The largest absolute Gasteiger partial charge is 0.365 e. The number of allylic oxidation sites excluding steroid dienone is 1. The normalized spacial score (nSPS) is 15.0. The van der Waals surface area contributed by atoms with Crippen molar-refractivity contribution in [2.24, 2.45) is 0 Å². The molecule has 2 heterocycles. The highest BCUT2D eigenvalue weighted by molar-refractivity contribution is 6.28. The number of halogens is 1. The summed E-state index contributed by atoms with van der Waals surface area (Å²) in [5.41, 5.74) is 1.60. The summed E-state index contributed by atoms with van der Waals surface area (Å²) >= 11 is 6.19. The second-order valence-electron chi connectivity index (χ2n) is 8.36. The molecule has 1 atom stereocenters. The molecule has 1 fully saturated rings. The second-order valence-corrected chi connectivity index (χ2v) is 8.70. The minimum atomic E-state index is 0.189. The van der Waals surface area contributed by atoms with Crippen LogP contribution >= 0.6 is 11.6 Å². The van der Waals surface area contributed by atoms with Crippen molar-refractivity contribution >= 4 is 28.6 Å². The minimum absolute atomic E-state index is 0.189. The maximum atomic E-state index is 6.19. The summed E-state index contributed by atoms with van der Waals surface area (Å²) in [5.74, 6) is 0.753. The van der Waals surface area contributed by atoms with Crippen LogP contribution in [0.3, 0.4) is 0 Å². The zero-order chi connectivity index (χ0) is 20.5. The Balaban J connectivity index is 1.47. The maximum absolute atomic E-state index is 6.19. The molecule has 0 aromatic carbocycles. The molecule has 0 unspecified atom stereocenters. The summed E-state index contributed by atoms with van der Waals surface area (Å²) in [6, 6.07) is 0.685. The monoisotopic (exact) mass is 417 g/mol. The molecule has 0 amide bonds. The molecule has 29 heavy (non-hydrogen) atoms. The third-order valence-corrected chi connectivity index (χ3v) is 5.96. The average Bonchev–Trinajstić information content (AvgIpc) is 3.43. The van der Waals surface area contributed by atoms with E-state index >= 15 is 0 Å². The number of nitrogens with one attached hydrogen (secondary N) is 1. The van der Waals surface area contributed by atoms with Crippen molar-refractivity contribution in [2.45, 2.75) is 102 Å². The molecule has 160 valence electrons. The van der Waals surface area contributed by atoms with Gasteiger partial charge in [0.2, 0.25) is 5.28 Å². The van der Waals surface area contributed by atoms with Gasteiger partial charge < -0.3 is 9.88 Å². The van der Waals surface area contributed by atoms with E-state index in [0.29, 0.717) is 6.04 Å². The Kier molecular flexibility index (Phi) is 8.78. The van der Waals surface area contributed by atoms with Gasteiger partial charge in [-0.05, 0) is 30.9 Å². The number of rotatable bonds is 15. The number of fused-ring (bicyclic) bond motifs is 1. The molecule has 0 spiro atoms. The number of nitrogens with zero attached hydrogens (tertiary/aromatic N) is 4. The topological polar surface area (TPSA) is 55.6 Å².